The van der Waals surface area contributed by atoms with Crippen LogP contribution in [0.4, 0.5) is 0 Å². The Balaban J connectivity index is 2.17. The maximum Gasteiger partial charge on any atom is 0.213 e. The maximum atomic E-state index is 2.60. The van der Waals surface area contributed by atoms with Gasteiger partial charge in [0.1, 0.15) is 0 Å². The fourth-order valence-electron chi connectivity index (χ4n) is 4.26. The molecule has 0 radical (unpaired) electrons. The Bertz CT molecular complexity index is 697. The summed E-state index contributed by atoms with van der Waals surface area (Å²) in [7, 11) is 0. The van der Waals surface area contributed by atoms with Crippen molar-refractivity contribution in [2.24, 2.45) is 5.92 Å². The lowest BCUT2D eigenvalue weighted by molar-refractivity contribution is -0.757. The smallest absolute Gasteiger partial charge is 0.193 e. The van der Waals surface area contributed by atoms with Crippen molar-refractivity contribution < 1.29 is 4.57 Å². The van der Waals surface area contributed by atoms with Gasteiger partial charge in [-0.1, -0.05) is 52.3 Å². The minimum Gasteiger partial charge on any atom is -0.193 e. The number of fused-ring (bicyclic) bond motifs is 3. The lowest BCUT2D eigenvalue weighted by Crippen LogP contribution is -2.56. The molecule has 1 aromatic carbocycles. The Morgan fingerprint density at radius 1 is 1.08 bits per heavy atom. The fraction of sp³-hybridized carbons (Fsp3) is 0.522. The monoisotopic (exact) mass is 322 g/mol. The molecule has 128 valence electrons. The van der Waals surface area contributed by atoms with E-state index in [2.05, 4.69) is 74.9 Å². The first-order valence-corrected chi connectivity index (χ1v) is 9.77. The standard InChI is InChI=1S/C23H32N/c1-5-18(4)16-19-13-15-24-22(17-19)21-11-9-8-10-20(21)12-14-23(24,6-2)7-3/h8-11,13,15,17-18H,5-7,12,14,16H2,1-4H3/q+1. The number of aromatic nitrogens is 1. The third-order valence-corrected chi connectivity index (χ3v) is 6.28. The highest BCUT2D eigenvalue weighted by molar-refractivity contribution is 5.62. The Morgan fingerprint density at radius 2 is 1.83 bits per heavy atom. The van der Waals surface area contributed by atoms with Gasteiger partial charge in [0.2, 0.25) is 5.69 Å². The molecule has 1 aromatic heterocycles. The molecule has 2 heterocycles. The second-order valence-electron chi connectivity index (χ2n) is 7.60. The SMILES string of the molecule is CCC(C)Cc1cc[n+]2c(c1)-c1ccccc1CCC2(CC)CC. The van der Waals surface area contributed by atoms with Gasteiger partial charge in [0, 0.05) is 37.0 Å². The summed E-state index contributed by atoms with van der Waals surface area (Å²) >= 11 is 0. The van der Waals surface area contributed by atoms with E-state index >= 15 is 0 Å². The summed E-state index contributed by atoms with van der Waals surface area (Å²) in [5.74, 6) is 0.746. The summed E-state index contributed by atoms with van der Waals surface area (Å²) in [6.45, 7) is 9.35. The van der Waals surface area contributed by atoms with E-state index < -0.39 is 0 Å². The molecule has 0 bridgehead atoms. The summed E-state index contributed by atoms with van der Waals surface area (Å²) in [5.41, 5.74) is 6.10. The van der Waals surface area contributed by atoms with E-state index in [1.54, 1.807) is 0 Å². The fourth-order valence-corrected chi connectivity index (χ4v) is 4.26. The van der Waals surface area contributed by atoms with Crippen molar-refractivity contribution in [1.29, 1.82) is 0 Å². The van der Waals surface area contributed by atoms with Gasteiger partial charge in [-0.3, -0.25) is 0 Å². The van der Waals surface area contributed by atoms with Crippen molar-refractivity contribution in [3.05, 3.63) is 53.7 Å². The number of hydrogen-bond donors (Lipinski definition) is 0. The van der Waals surface area contributed by atoms with Gasteiger partial charge < -0.3 is 0 Å². The van der Waals surface area contributed by atoms with Crippen LogP contribution in [0.5, 0.6) is 0 Å². The number of nitrogens with zero attached hydrogens (tertiary/aromatic N) is 1. The summed E-state index contributed by atoms with van der Waals surface area (Å²) in [5, 5.41) is 0. The average molecular weight is 323 g/mol. The van der Waals surface area contributed by atoms with Gasteiger partial charge in [0.25, 0.3) is 0 Å². The van der Waals surface area contributed by atoms with Gasteiger partial charge in [0.05, 0.1) is 0 Å². The van der Waals surface area contributed by atoms with Crippen molar-refractivity contribution in [3.8, 4) is 11.3 Å². The molecule has 1 atom stereocenters. The number of aryl methyl sites for hydroxylation is 1. The highest BCUT2D eigenvalue weighted by atomic mass is 15.1. The average Bonchev–Trinajstić information content (AvgIpc) is 2.77. The first-order chi connectivity index (χ1) is 11.6. The van der Waals surface area contributed by atoms with E-state index in [-0.39, 0.29) is 5.54 Å². The van der Waals surface area contributed by atoms with E-state index in [9.17, 15) is 0 Å². The van der Waals surface area contributed by atoms with Crippen molar-refractivity contribution in [2.45, 2.75) is 71.8 Å². The zero-order valence-electron chi connectivity index (χ0n) is 15.8. The van der Waals surface area contributed by atoms with Crippen molar-refractivity contribution in [1.82, 2.24) is 0 Å². The maximum absolute atomic E-state index is 2.60. The van der Waals surface area contributed by atoms with Gasteiger partial charge in [-0.2, -0.15) is 4.57 Å². The number of pyridine rings is 1. The molecule has 0 saturated carbocycles. The third-order valence-electron chi connectivity index (χ3n) is 6.28. The molecule has 0 amide bonds. The molecular weight excluding hydrogens is 290 g/mol. The van der Waals surface area contributed by atoms with Gasteiger partial charge in [-0.25, -0.2) is 0 Å². The molecule has 1 nitrogen and oxygen atoms in total. The highest BCUT2D eigenvalue weighted by Crippen LogP contribution is 2.35. The number of hydrogen-bond acceptors (Lipinski definition) is 0. The molecule has 0 N–H and O–H groups in total. The molecule has 1 aliphatic heterocycles. The second kappa shape index (κ2) is 7.09. The highest BCUT2D eigenvalue weighted by Gasteiger charge is 2.40. The Kier molecular flexibility index (Phi) is 5.08. The van der Waals surface area contributed by atoms with E-state index in [4.69, 9.17) is 0 Å². The Morgan fingerprint density at radius 3 is 2.54 bits per heavy atom. The number of rotatable bonds is 5. The lowest BCUT2D eigenvalue weighted by Gasteiger charge is -2.26. The van der Waals surface area contributed by atoms with Crippen LogP contribution in [0.15, 0.2) is 42.6 Å². The molecular formula is C23H32N+. The molecule has 0 saturated heterocycles. The molecule has 1 heteroatoms. The molecule has 0 aliphatic carbocycles. The molecule has 0 fully saturated rings. The van der Waals surface area contributed by atoms with Crippen LogP contribution < -0.4 is 4.57 Å². The second-order valence-corrected chi connectivity index (χ2v) is 7.60. The zero-order valence-corrected chi connectivity index (χ0v) is 15.8. The summed E-state index contributed by atoms with van der Waals surface area (Å²) in [4.78, 5) is 0. The predicted octanol–water partition coefficient (Wildman–Crippen LogP) is 5.69. The topological polar surface area (TPSA) is 3.88 Å². The minimum absolute atomic E-state index is 0.253. The quantitative estimate of drug-likeness (QED) is 0.622. The minimum atomic E-state index is 0.253. The van der Waals surface area contributed by atoms with Crippen LogP contribution in [0.2, 0.25) is 0 Å². The lowest BCUT2D eigenvalue weighted by atomic mass is 9.86. The zero-order chi connectivity index (χ0) is 17.2. The summed E-state index contributed by atoms with van der Waals surface area (Å²) < 4.78 is 2.60. The van der Waals surface area contributed by atoms with E-state index in [0.717, 1.165) is 5.92 Å². The first kappa shape index (κ1) is 17.2. The van der Waals surface area contributed by atoms with Crippen LogP contribution in [0.3, 0.4) is 0 Å². The molecule has 2 aromatic rings. The summed E-state index contributed by atoms with van der Waals surface area (Å²) in [6, 6.07) is 13.9. The third kappa shape index (κ3) is 3.01. The van der Waals surface area contributed by atoms with Crippen molar-refractivity contribution in [2.75, 3.05) is 0 Å². The molecule has 0 spiro atoms. The van der Waals surface area contributed by atoms with E-state index in [1.165, 1.54) is 60.9 Å². The van der Waals surface area contributed by atoms with Gasteiger partial charge in [-0.15, -0.1) is 0 Å². The number of benzene rings is 1. The van der Waals surface area contributed by atoms with E-state index in [1.807, 2.05) is 0 Å². The van der Waals surface area contributed by atoms with E-state index in [0.29, 0.717) is 0 Å². The van der Waals surface area contributed by atoms with Gasteiger partial charge in [0.15, 0.2) is 11.7 Å². The normalized spacial score (nSPS) is 16.8. The molecule has 24 heavy (non-hydrogen) atoms. The predicted molar refractivity (Wildman–Crippen MR) is 102 cm³/mol. The van der Waals surface area contributed by atoms with Crippen LogP contribution in [0.1, 0.15) is 64.5 Å². The van der Waals surface area contributed by atoms with Crippen LogP contribution in [0.25, 0.3) is 11.3 Å². The van der Waals surface area contributed by atoms with Gasteiger partial charge in [-0.05, 0) is 36.0 Å². The largest absolute Gasteiger partial charge is 0.213 e. The van der Waals surface area contributed by atoms with Crippen LogP contribution in [-0.4, -0.2) is 0 Å². The Hall–Kier alpha value is -1.63. The van der Waals surface area contributed by atoms with Crippen LogP contribution in [0, 0.1) is 5.92 Å². The van der Waals surface area contributed by atoms with Crippen molar-refractivity contribution in [3.63, 3.8) is 0 Å². The molecule has 1 aliphatic rings. The Labute approximate surface area is 147 Å². The molecule has 1 unspecified atom stereocenters. The first-order valence-electron chi connectivity index (χ1n) is 9.77. The summed E-state index contributed by atoms with van der Waals surface area (Å²) in [6.07, 6.45) is 9.61. The van der Waals surface area contributed by atoms with Crippen molar-refractivity contribution >= 4 is 0 Å². The van der Waals surface area contributed by atoms with Crippen LogP contribution in [-0.2, 0) is 18.4 Å². The van der Waals surface area contributed by atoms with Gasteiger partial charge >= 0.3 is 0 Å². The van der Waals surface area contributed by atoms with Crippen LogP contribution >= 0.6 is 0 Å². The molecule has 3 rings (SSSR count).